The van der Waals surface area contributed by atoms with Gasteiger partial charge in [0.2, 0.25) is 5.91 Å². The van der Waals surface area contributed by atoms with Crippen LogP contribution in [0.2, 0.25) is 0 Å². The van der Waals surface area contributed by atoms with E-state index in [4.69, 9.17) is 5.73 Å². The maximum Gasteiger partial charge on any atom is 0.240 e. The molecule has 3 rings (SSSR count). The molecule has 0 saturated heterocycles. The van der Waals surface area contributed by atoms with Crippen LogP contribution in [0.5, 0.6) is 0 Å². The van der Waals surface area contributed by atoms with E-state index in [1.807, 2.05) is 59.6 Å². The number of nitrogens with two attached hydrogens (primary N) is 1. The predicted octanol–water partition coefficient (Wildman–Crippen LogP) is 2.48. The summed E-state index contributed by atoms with van der Waals surface area (Å²) in [5.74, 6) is -0.00736. The van der Waals surface area contributed by atoms with Gasteiger partial charge in [0, 0.05) is 18.9 Å². The van der Waals surface area contributed by atoms with Crippen molar-refractivity contribution in [3.05, 3.63) is 78.1 Å². The number of benzene rings is 1. The maximum absolute atomic E-state index is 12.8. The van der Waals surface area contributed by atoms with Crippen molar-refractivity contribution >= 4 is 5.91 Å². The summed E-state index contributed by atoms with van der Waals surface area (Å²) in [5.41, 5.74) is 8.32. The van der Waals surface area contributed by atoms with Crippen LogP contribution in [0.15, 0.2) is 67.0 Å². The Morgan fingerprint density at radius 3 is 2.78 bits per heavy atom. The van der Waals surface area contributed by atoms with Crippen LogP contribution >= 0.6 is 0 Å². The smallest absolute Gasteiger partial charge is 0.240 e. The standard InChI is InChI=1S/C19H21N3O/c20-17(13-15-7-2-1-3-8-15)19(23)22-12-5-4-10-18(22)16-9-6-11-21-14-16/h1-9,11,14,17-18H,10,12-13,20H2. The number of carbonyl (C=O) groups excluding carboxylic acids is 1. The average Bonchev–Trinajstić information content (AvgIpc) is 2.62. The number of rotatable bonds is 4. The monoisotopic (exact) mass is 307 g/mol. The molecule has 2 N–H and O–H groups in total. The number of pyridine rings is 1. The molecule has 1 amide bonds. The molecule has 0 fully saturated rings. The van der Waals surface area contributed by atoms with Crippen molar-refractivity contribution in [1.82, 2.24) is 9.88 Å². The van der Waals surface area contributed by atoms with Crippen molar-refractivity contribution in [2.24, 2.45) is 5.73 Å². The second kappa shape index (κ2) is 7.20. The minimum Gasteiger partial charge on any atom is -0.330 e. The van der Waals surface area contributed by atoms with Crippen molar-refractivity contribution in [1.29, 1.82) is 0 Å². The van der Waals surface area contributed by atoms with Crippen LogP contribution in [0, 0.1) is 0 Å². The molecular weight excluding hydrogens is 286 g/mol. The molecule has 23 heavy (non-hydrogen) atoms. The lowest BCUT2D eigenvalue weighted by Crippen LogP contribution is -2.47. The molecule has 2 heterocycles. The minimum absolute atomic E-state index is 0.00736. The highest BCUT2D eigenvalue weighted by Gasteiger charge is 2.29. The van der Waals surface area contributed by atoms with Gasteiger partial charge in [0.25, 0.3) is 0 Å². The molecule has 0 bridgehead atoms. The van der Waals surface area contributed by atoms with E-state index in [0.29, 0.717) is 13.0 Å². The Kier molecular flexibility index (Phi) is 4.83. The third-order valence-corrected chi connectivity index (χ3v) is 4.17. The Bertz CT molecular complexity index is 670. The summed E-state index contributed by atoms with van der Waals surface area (Å²) in [5, 5.41) is 0. The first kappa shape index (κ1) is 15.4. The highest BCUT2D eigenvalue weighted by molar-refractivity contribution is 5.82. The second-order valence-electron chi connectivity index (χ2n) is 5.80. The van der Waals surface area contributed by atoms with Crippen molar-refractivity contribution in [3.8, 4) is 0 Å². The average molecular weight is 307 g/mol. The van der Waals surface area contributed by atoms with Crippen LogP contribution in [-0.2, 0) is 11.2 Å². The van der Waals surface area contributed by atoms with Crippen molar-refractivity contribution in [2.75, 3.05) is 6.54 Å². The van der Waals surface area contributed by atoms with Gasteiger partial charge < -0.3 is 10.6 Å². The zero-order valence-corrected chi connectivity index (χ0v) is 13.0. The molecule has 1 aromatic carbocycles. The van der Waals surface area contributed by atoms with Crippen LogP contribution in [0.25, 0.3) is 0 Å². The molecule has 2 aromatic rings. The van der Waals surface area contributed by atoms with Crippen LogP contribution < -0.4 is 5.73 Å². The Balaban J connectivity index is 1.75. The molecule has 4 heteroatoms. The first-order chi connectivity index (χ1) is 11.3. The fourth-order valence-corrected chi connectivity index (χ4v) is 2.97. The maximum atomic E-state index is 12.8. The summed E-state index contributed by atoms with van der Waals surface area (Å²) in [4.78, 5) is 18.9. The zero-order valence-electron chi connectivity index (χ0n) is 13.0. The van der Waals surface area contributed by atoms with Crippen molar-refractivity contribution < 1.29 is 4.79 Å². The van der Waals surface area contributed by atoms with Gasteiger partial charge in [0.15, 0.2) is 0 Å². The Hall–Kier alpha value is -2.46. The van der Waals surface area contributed by atoms with Crippen molar-refractivity contribution in [3.63, 3.8) is 0 Å². The SMILES string of the molecule is NC(Cc1ccccc1)C(=O)N1CC=CCC1c1cccnc1. The van der Waals surface area contributed by atoms with Gasteiger partial charge in [-0.25, -0.2) is 0 Å². The number of aromatic nitrogens is 1. The molecule has 2 unspecified atom stereocenters. The predicted molar refractivity (Wildman–Crippen MR) is 90.6 cm³/mol. The van der Waals surface area contributed by atoms with Crippen LogP contribution in [0.3, 0.4) is 0 Å². The van der Waals surface area contributed by atoms with Crippen molar-refractivity contribution in [2.45, 2.75) is 24.9 Å². The Morgan fingerprint density at radius 1 is 1.22 bits per heavy atom. The molecule has 1 aromatic heterocycles. The van der Waals surface area contributed by atoms with Gasteiger partial charge in [0.1, 0.15) is 0 Å². The molecule has 0 spiro atoms. The molecular formula is C19H21N3O. The largest absolute Gasteiger partial charge is 0.330 e. The number of nitrogens with zero attached hydrogens (tertiary/aromatic N) is 2. The summed E-state index contributed by atoms with van der Waals surface area (Å²) in [6, 6.07) is 13.3. The van der Waals surface area contributed by atoms with E-state index in [1.54, 1.807) is 6.20 Å². The third kappa shape index (κ3) is 3.66. The van der Waals surface area contributed by atoms with Gasteiger partial charge in [0.05, 0.1) is 12.1 Å². The molecule has 1 aliphatic heterocycles. The number of amides is 1. The van der Waals surface area contributed by atoms with E-state index < -0.39 is 6.04 Å². The van der Waals surface area contributed by atoms with E-state index in [0.717, 1.165) is 17.5 Å². The number of hydrogen-bond donors (Lipinski definition) is 1. The summed E-state index contributed by atoms with van der Waals surface area (Å²) in [7, 11) is 0. The van der Waals surface area contributed by atoms with Gasteiger partial charge in [-0.2, -0.15) is 0 Å². The first-order valence-corrected chi connectivity index (χ1v) is 7.90. The topological polar surface area (TPSA) is 59.2 Å². The number of carbonyl (C=O) groups is 1. The van der Waals surface area contributed by atoms with Crippen LogP contribution in [0.1, 0.15) is 23.6 Å². The van der Waals surface area contributed by atoms with E-state index in [1.165, 1.54) is 0 Å². The molecule has 2 atom stereocenters. The van der Waals surface area contributed by atoms with E-state index in [-0.39, 0.29) is 11.9 Å². The Labute approximate surface area is 136 Å². The highest BCUT2D eigenvalue weighted by Crippen LogP contribution is 2.27. The summed E-state index contributed by atoms with van der Waals surface area (Å²) in [6.07, 6.45) is 9.07. The second-order valence-corrected chi connectivity index (χ2v) is 5.80. The molecule has 0 aliphatic carbocycles. The lowest BCUT2D eigenvalue weighted by Gasteiger charge is -2.35. The van der Waals surface area contributed by atoms with Gasteiger partial charge in [-0.05, 0) is 30.0 Å². The zero-order chi connectivity index (χ0) is 16.1. The highest BCUT2D eigenvalue weighted by atomic mass is 16.2. The fourth-order valence-electron chi connectivity index (χ4n) is 2.97. The number of hydrogen-bond acceptors (Lipinski definition) is 3. The van der Waals surface area contributed by atoms with E-state index in [2.05, 4.69) is 11.1 Å². The summed E-state index contributed by atoms with van der Waals surface area (Å²) >= 11 is 0. The third-order valence-electron chi connectivity index (χ3n) is 4.17. The lowest BCUT2D eigenvalue weighted by molar-refractivity contribution is -0.134. The lowest BCUT2D eigenvalue weighted by atomic mass is 9.98. The molecule has 118 valence electrons. The molecule has 1 aliphatic rings. The minimum atomic E-state index is -0.525. The van der Waals surface area contributed by atoms with E-state index in [9.17, 15) is 4.79 Å². The van der Waals surface area contributed by atoms with Gasteiger partial charge in [-0.1, -0.05) is 48.6 Å². The summed E-state index contributed by atoms with van der Waals surface area (Å²) in [6.45, 7) is 0.598. The normalized spacial score (nSPS) is 18.7. The van der Waals surface area contributed by atoms with Gasteiger partial charge in [-0.3, -0.25) is 9.78 Å². The fraction of sp³-hybridized carbons (Fsp3) is 0.263. The van der Waals surface area contributed by atoms with Crippen LogP contribution in [0.4, 0.5) is 0 Å². The molecule has 0 radical (unpaired) electrons. The Morgan fingerprint density at radius 2 is 2.04 bits per heavy atom. The van der Waals surface area contributed by atoms with Crippen LogP contribution in [-0.4, -0.2) is 28.4 Å². The van der Waals surface area contributed by atoms with Gasteiger partial charge >= 0.3 is 0 Å². The first-order valence-electron chi connectivity index (χ1n) is 7.90. The summed E-state index contributed by atoms with van der Waals surface area (Å²) < 4.78 is 0. The quantitative estimate of drug-likeness (QED) is 0.883. The van der Waals surface area contributed by atoms with Gasteiger partial charge in [-0.15, -0.1) is 0 Å². The van der Waals surface area contributed by atoms with E-state index >= 15 is 0 Å². The molecule has 0 saturated carbocycles. The molecule has 4 nitrogen and oxygen atoms in total.